The molecule has 4 heteroatoms. The molecule has 0 unspecified atom stereocenters. The molecule has 1 aromatic carbocycles. The fourth-order valence-corrected chi connectivity index (χ4v) is 1.24. The lowest BCUT2D eigenvalue weighted by Crippen LogP contribution is -2.08. The van der Waals surface area contributed by atoms with Crippen molar-refractivity contribution in [3.8, 4) is 11.9 Å². The Morgan fingerprint density at radius 1 is 1.54 bits per heavy atom. The van der Waals surface area contributed by atoms with Crippen LogP contribution in [0.1, 0.15) is 0 Å². The Morgan fingerprint density at radius 3 is 2.69 bits per heavy atom. The van der Waals surface area contributed by atoms with Gasteiger partial charge in [-0.25, -0.2) is 0 Å². The van der Waals surface area contributed by atoms with Gasteiger partial charge in [-0.05, 0) is 12.1 Å². The number of anilines is 1. The van der Waals surface area contributed by atoms with Crippen molar-refractivity contribution < 1.29 is 4.74 Å². The Bertz CT molecular complexity index is 346. The van der Waals surface area contributed by atoms with Crippen LogP contribution in [0.2, 0.25) is 5.02 Å². The van der Waals surface area contributed by atoms with Gasteiger partial charge in [0.05, 0.1) is 17.8 Å². The average molecular weight is 197 g/mol. The number of benzene rings is 1. The normalized spacial score (nSPS) is 9.08. The summed E-state index contributed by atoms with van der Waals surface area (Å²) in [5, 5.41) is 9.13. The quantitative estimate of drug-likeness (QED) is 0.538. The zero-order chi connectivity index (χ0) is 9.84. The van der Waals surface area contributed by atoms with Crippen molar-refractivity contribution in [3.63, 3.8) is 0 Å². The molecule has 0 heterocycles. The summed E-state index contributed by atoms with van der Waals surface area (Å²) in [6.45, 7) is 0. The van der Waals surface area contributed by atoms with Gasteiger partial charge in [-0.2, -0.15) is 5.26 Å². The first-order valence-corrected chi connectivity index (χ1v) is 4.04. The maximum atomic E-state index is 8.63. The highest BCUT2D eigenvalue weighted by Crippen LogP contribution is 2.28. The van der Waals surface area contributed by atoms with Crippen LogP contribution in [0, 0.1) is 11.5 Å². The number of ether oxygens (including phenoxy) is 1. The van der Waals surface area contributed by atoms with Crippen LogP contribution in [0.5, 0.6) is 5.75 Å². The molecule has 3 nitrogen and oxygen atoms in total. The molecule has 0 atom stereocenters. The summed E-state index contributed by atoms with van der Waals surface area (Å²) in [7, 11) is 3.22. The van der Waals surface area contributed by atoms with Crippen molar-refractivity contribution in [2.75, 3.05) is 19.1 Å². The highest BCUT2D eigenvalue weighted by molar-refractivity contribution is 6.33. The second-order valence-electron chi connectivity index (χ2n) is 2.48. The molecule has 0 radical (unpaired) electrons. The van der Waals surface area contributed by atoms with E-state index in [1.54, 1.807) is 32.4 Å². The smallest absolute Gasteiger partial charge is 0.184 e. The Hall–Kier alpha value is -1.40. The number of methoxy groups -OCH3 is 1. The Balaban J connectivity index is 3.06. The summed E-state index contributed by atoms with van der Waals surface area (Å²) in [6, 6.07) is 5.17. The minimum atomic E-state index is 0.503. The number of rotatable bonds is 2. The molecule has 1 rings (SSSR count). The Morgan fingerprint density at radius 2 is 2.23 bits per heavy atom. The summed E-state index contributed by atoms with van der Waals surface area (Å²) in [5.74, 6) is 0.681. The summed E-state index contributed by atoms with van der Waals surface area (Å²) < 4.78 is 4.98. The van der Waals surface area contributed by atoms with E-state index in [-0.39, 0.29) is 0 Å². The fraction of sp³-hybridized carbons (Fsp3) is 0.222. The van der Waals surface area contributed by atoms with Gasteiger partial charge in [0.25, 0.3) is 0 Å². The van der Waals surface area contributed by atoms with E-state index in [1.165, 1.54) is 4.90 Å². The number of hydrogen-bond acceptors (Lipinski definition) is 3. The minimum Gasteiger partial charge on any atom is -0.497 e. The molecule has 0 aromatic heterocycles. The van der Waals surface area contributed by atoms with E-state index in [0.717, 1.165) is 0 Å². The molecule has 68 valence electrons. The van der Waals surface area contributed by atoms with Crippen LogP contribution in [0.15, 0.2) is 18.2 Å². The highest BCUT2D eigenvalue weighted by Gasteiger charge is 2.05. The van der Waals surface area contributed by atoms with Gasteiger partial charge in [0.15, 0.2) is 6.19 Å². The monoisotopic (exact) mass is 196 g/mol. The molecule has 0 fully saturated rings. The second kappa shape index (κ2) is 4.01. The predicted molar refractivity (Wildman–Crippen MR) is 52.0 cm³/mol. The van der Waals surface area contributed by atoms with Crippen LogP contribution in [-0.2, 0) is 0 Å². The van der Waals surface area contributed by atoms with Crippen molar-refractivity contribution >= 4 is 17.3 Å². The van der Waals surface area contributed by atoms with E-state index < -0.39 is 0 Å². The molecule has 13 heavy (non-hydrogen) atoms. The zero-order valence-electron chi connectivity index (χ0n) is 7.41. The third-order valence-corrected chi connectivity index (χ3v) is 1.97. The molecule has 0 N–H and O–H groups in total. The van der Waals surface area contributed by atoms with Gasteiger partial charge >= 0.3 is 0 Å². The van der Waals surface area contributed by atoms with Crippen LogP contribution < -0.4 is 9.64 Å². The third kappa shape index (κ3) is 2.04. The van der Waals surface area contributed by atoms with Gasteiger partial charge in [-0.15, -0.1) is 0 Å². The first kappa shape index (κ1) is 9.69. The third-order valence-electron chi connectivity index (χ3n) is 1.67. The van der Waals surface area contributed by atoms with Crippen molar-refractivity contribution in [2.24, 2.45) is 0 Å². The number of hydrogen-bond donors (Lipinski definition) is 0. The van der Waals surface area contributed by atoms with E-state index in [0.29, 0.717) is 16.5 Å². The lowest BCUT2D eigenvalue weighted by atomic mass is 10.3. The Labute approximate surface area is 82.1 Å². The van der Waals surface area contributed by atoms with Crippen LogP contribution >= 0.6 is 11.6 Å². The van der Waals surface area contributed by atoms with E-state index in [1.807, 2.05) is 6.19 Å². The summed E-state index contributed by atoms with van der Waals surface area (Å²) >= 11 is 5.91. The predicted octanol–water partition coefficient (Wildman–Crippen LogP) is 2.27. The van der Waals surface area contributed by atoms with Gasteiger partial charge in [-0.3, -0.25) is 4.90 Å². The van der Waals surface area contributed by atoms with Crippen molar-refractivity contribution in [2.45, 2.75) is 0 Å². The van der Waals surface area contributed by atoms with Crippen molar-refractivity contribution in [1.29, 1.82) is 5.26 Å². The van der Waals surface area contributed by atoms with Gasteiger partial charge in [0.1, 0.15) is 5.75 Å². The van der Waals surface area contributed by atoms with Gasteiger partial charge in [0, 0.05) is 13.1 Å². The van der Waals surface area contributed by atoms with Gasteiger partial charge in [0.2, 0.25) is 0 Å². The molecule has 0 aliphatic heterocycles. The summed E-state index contributed by atoms with van der Waals surface area (Å²) in [5.41, 5.74) is 0.671. The van der Waals surface area contributed by atoms with Crippen molar-refractivity contribution in [1.82, 2.24) is 0 Å². The molecule has 1 aromatic rings. The zero-order valence-corrected chi connectivity index (χ0v) is 8.17. The Kier molecular flexibility index (Phi) is 2.99. The summed E-state index contributed by atoms with van der Waals surface area (Å²) in [4.78, 5) is 1.39. The molecule has 0 amide bonds. The fourth-order valence-electron chi connectivity index (χ4n) is 0.940. The number of nitriles is 1. The lowest BCUT2D eigenvalue weighted by Gasteiger charge is -2.11. The van der Waals surface area contributed by atoms with Gasteiger partial charge in [-0.1, -0.05) is 11.6 Å². The van der Waals surface area contributed by atoms with Crippen LogP contribution in [0.25, 0.3) is 0 Å². The maximum absolute atomic E-state index is 8.63. The summed E-state index contributed by atoms with van der Waals surface area (Å²) in [6.07, 6.45) is 1.97. The molecular weight excluding hydrogens is 188 g/mol. The minimum absolute atomic E-state index is 0.503. The molecule has 0 spiro atoms. The molecule has 0 aliphatic carbocycles. The van der Waals surface area contributed by atoms with E-state index in [2.05, 4.69) is 0 Å². The molecule has 0 aliphatic rings. The van der Waals surface area contributed by atoms with Crippen LogP contribution in [0.3, 0.4) is 0 Å². The van der Waals surface area contributed by atoms with E-state index in [4.69, 9.17) is 21.6 Å². The molecule has 0 saturated carbocycles. The SMILES string of the molecule is COc1ccc(N(C)C#N)c(Cl)c1. The molecular formula is C9H9ClN2O. The van der Waals surface area contributed by atoms with Gasteiger partial charge < -0.3 is 4.74 Å². The molecule has 0 bridgehead atoms. The maximum Gasteiger partial charge on any atom is 0.184 e. The van der Waals surface area contributed by atoms with E-state index >= 15 is 0 Å². The van der Waals surface area contributed by atoms with Crippen LogP contribution in [0.4, 0.5) is 5.69 Å². The number of nitrogens with zero attached hydrogens (tertiary/aromatic N) is 2. The van der Waals surface area contributed by atoms with Crippen molar-refractivity contribution in [3.05, 3.63) is 23.2 Å². The average Bonchev–Trinajstić information content (AvgIpc) is 2.16. The largest absolute Gasteiger partial charge is 0.497 e. The molecule has 0 saturated heterocycles. The number of halogens is 1. The van der Waals surface area contributed by atoms with E-state index in [9.17, 15) is 0 Å². The second-order valence-corrected chi connectivity index (χ2v) is 2.88. The first-order valence-electron chi connectivity index (χ1n) is 3.66. The topological polar surface area (TPSA) is 36.3 Å². The standard InChI is InChI=1S/C9H9ClN2O/c1-12(6-11)9-4-3-7(13-2)5-8(9)10/h3-5H,1-2H3. The highest BCUT2D eigenvalue weighted by atomic mass is 35.5. The first-order chi connectivity index (χ1) is 6.19. The van der Waals surface area contributed by atoms with Crippen LogP contribution in [-0.4, -0.2) is 14.2 Å². The lowest BCUT2D eigenvalue weighted by molar-refractivity contribution is 0.415.